The molecule has 0 aliphatic heterocycles. The molecule has 104 valence electrons. The van der Waals surface area contributed by atoms with Crippen LogP contribution >= 0.6 is 23.2 Å². The smallest absolute Gasteiger partial charge is 0.282 e. The van der Waals surface area contributed by atoms with E-state index >= 15 is 0 Å². The fraction of sp³-hybridized carbons (Fsp3) is 0.417. The van der Waals surface area contributed by atoms with Crippen LogP contribution in [0.5, 0.6) is 0 Å². The van der Waals surface area contributed by atoms with Gasteiger partial charge in [0, 0.05) is 23.0 Å². The van der Waals surface area contributed by atoms with Crippen molar-refractivity contribution in [3.05, 3.63) is 38.9 Å². The van der Waals surface area contributed by atoms with Crippen molar-refractivity contribution >= 4 is 34.8 Å². The van der Waals surface area contributed by atoms with Gasteiger partial charge in [-0.2, -0.15) is 0 Å². The molecular formula is C12H14Cl2N2O3. The van der Waals surface area contributed by atoms with Crippen LogP contribution in [0, 0.1) is 16.0 Å². The maximum Gasteiger partial charge on any atom is 0.282 e. The fourth-order valence-electron chi connectivity index (χ4n) is 1.48. The fourth-order valence-corrected chi connectivity index (χ4v) is 2.08. The van der Waals surface area contributed by atoms with Crippen LogP contribution in [0.25, 0.3) is 0 Å². The van der Waals surface area contributed by atoms with Gasteiger partial charge in [0.2, 0.25) is 0 Å². The monoisotopic (exact) mass is 304 g/mol. The first-order valence-electron chi connectivity index (χ1n) is 5.67. The van der Waals surface area contributed by atoms with Crippen LogP contribution in [0.15, 0.2) is 18.2 Å². The zero-order valence-electron chi connectivity index (χ0n) is 10.5. The second-order valence-corrected chi connectivity index (χ2v) is 5.14. The molecule has 1 aromatic carbocycles. The van der Waals surface area contributed by atoms with E-state index in [0.29, 0.717) is 0 Å². The van der Waals surface area contributed by atoms with Crippen molar-refractivity contribution in [1.29, 1.82) is 0 Å². The average Bonchev–Trinajstić information content (AvgIpc) is 2.34. The molecule has 7 heteroatoms. The zero-order valence-corrected chi connectivity index (χ0v) is 12.0. The summed E-state index contributed by atoms with van der Waals surface area (Å²) in [6.07, 6.45) is 0. The van der Waals surface area contributed by atoms with E-state index in [1.807, 2.05) is 13.8 Å². The number of carbonyl (C=O) groups is 1. The van der Waals surface area contributed by atoms with Gasteiger partial charge in [-0.3, -0.25) is 14.9 Å². The largest absolute Gasteiger partial charge is 0.348 e. The van der Waals surface area contributed by atoms with Crippen LogP contribution in [-0.4, -0.2) is 22.8 Å². The first kappa shape index (κ1) is 15.7. The minimum absolute atomic E-state index is 0.0618. The van der Waals surface area contributed by atoms with Gasteiger partial charge in [0.05, 0.1) is 4.92 Å². The lowest BCUT2D eigenvalue weighted by Crippen LogP contribution is -2.40. The normalized spacial score (nSPS) is 12.3. The van der Waals surface area contributed by atoms with E-state index in [1.165, 1.54) is 18.2 Å². The lowest BCUT2D eigenvalue weighted by atomic mass is 10.1. The van der Waals surface area contributed by atoms with Crippen molar-refractivity contribution in [3.63, 3.8) is 0 Å². The third-order valence-corrected chi connectivity index (χ3v) is 3.25. The number of nitrogens with zero attached hydrogens (tertiary/aromatic N) is 1. The molecule has 1 rings (SSSR count). The van der Waals surface area contributed by atoms with Gasteiger partial charge in [0.25, 0.3) is 11.6 Å². The van der Waals surface area contributed by atoms with Gasteiger partial charge in [-0.05, 0) is 18.1 Å². The van der Waals surface area contributed by atoms with Crippen molar-refractivity contribution in [2.75, 3.05) is 5.88 Å². The summed E-state index contributed by atoms with van der Waals surface area (Å²) in [4.78, 5) is 22.3. The van der Waals surface area contributed by atoms with Crippen molar-refractivity contribution in [2.45, 2.75) is 19.9 Å². The first-order chi connectivity index (χ1) is 8.86. The molecule has 1 N–H and O–H groups in total. The van der Waals surface area contributed by atoms with E-state index in [4.69, 9.17) is 23.2 Å². The molecule has 19 heavy (non-hydrogen) atoms. The maximum absolute atomic E-state index is 12.1. The number of rotatable bonds is 5. The van der Waals surface area contributed by atoms with Crippen molar-refractivity contribution in [1.82, 2.24) is 5.32 Å². The topological polar surface area (TPSA) is 72.2 Å². The molecule has 0 aliphatic carbocycles. The third kappa shape index (κ3) is 4.08. The van der Waals surface area contributed by atoms with E-state index in [1.54, 1.807) is 0 Å². The summed E-state index contributed by atoms with van der Waals surface area (Å²) in [5.74, 6) is -0.189. The van der Waals surface area contributed by atoms with Crippen molar-refractivity contribution < 1.29 is 9.72 Å². The number of amides is 1. The molecule has 1 atom stereocenters. The van der Waals surface area contributed by atoms with Crippen LogP contribution in [0.3, 0.4) is 0 Å². The Balaban J connectivity index is 3.05. The number of halogens is 2. The van der Waals surface area contributed by atoms with E-state index in [-0.39, 0.29) is 34.1 Å². The maximum atomic E-state index is 12.1. The second-order valence-electron chi connectivity index (χ2n) is 4.40. The lowest BCUT2D eigenvalue weighted by molar-refractivity contribution is -0.385. The second kappa shape index (κ2) is 6.73. The molecule has 0 bridgehead atoms. The summed E-state index contributed by atoms with van der Waals surface area (Å²) in [6.45, 7) is 3.80. The van der Waals surface area contributed by atoms with E-state index in [0.717, 1.165) is 0 Å². The van der Waals surface area contributed by atoms with Gasteiger partial charge in [-0.1, -0.05) is 25.4 Å². The minimum Gasteiger partial charge on any atom is -0.348 e. The minimum atomic E-state index is -0.615. The molecular weight excluding hydrogens is 291 g/mol. The van der Waals surface area contributed by atoms with Gasteiger partial charge in [0.1, 0.15) is 5.56 Å². The molecule has 1 unspecified atom stereocenters. The number of nitro benzene ring substituents is 1. The Bertz CT molecular complexity index is 492. The summed E-state index contributed by atoms with van der Waals surface area (Å²) in [7, 11) is 0. The van der Waals surface area contributed by atoms with Crippen molar-refractivity contribution in [3.8, 4) is 0 Å². The quantitative estimate of drug-likeness (QED) is 0.515. The molecule has 1 aromatic rings. The highest BCUT2D eigenvalue weighted by Gasteiger charge is 2.23. The Morgan fingerprint density at radius 2 is 2.11 bits per heavy atom. The molecule has 0 fully saturated rings. The molecule has 0 spiro atoms. The Morgan fingerprint density at radius 3 is 2.58 bits per heavy atom. The number of hydrogen-bond donors (Lipinski definition) is 1. The summed E-state index contributed by atoms with van der Waals surface area (Å²) in [5, 5.41) is 13.8. The highest BCUT2D eigenvalue weighted by Crippen LogP contribution is 2.23. The van der Waals surface area contributed by atoms with E-state index in [9.17, 15) is 14.9 Å². The zero-order chi connectivity index (χ0) is 14.6. The number of carbonyl (C=O) groups excluding carboxylic acids is 1. The molecule has 5 nitrogen and oxygen atoms in total. The SMILES string of the molecule is CC(C)C(CCl)NC(=O)c1cc(Cl)ccc1[N+](=O)[O-]. The summed E-state index contributed by atoms with van der Waals surface area (Å²) >= 11 is 11.5. The molecule has 1 amide bonds. The summed E-state index contributed by atoms with van der Waals surface area (Å²) < 4.78 is 0. The van der Waals surface area contributed by atoms with Crippen LogP contribution in [0.1, 0.15) is 24.2 Å². The van der Waals surface area contributed by atoms with Gasteiger partial charge < -0.3 is 5.32 Å². The third-order valence-electron chi connectivity index (χ3n) is 2.69. The number of nitrogens with one attached hydrogen (secondary N) is 1. The van der Waals surface area contributed by atoms with Gasteiger partial charge >= 0.3 is 0 Å². The van der Waals surface area contributed by atoms with E-state index in [2.05, 4.69) is 5.32 Å². The van der Waals surface area contributed by atoms with Crippen LogP contribution in [-0.2, 0) is 0 Å². The first-order valence-corrected chi connectivity index (χ1v) is 6.58. The van der Waals surface area contributed by atoms with Crippen LogP contribution in [0.2, 0.25) is 5.02 Å². The molecule has 0 aliphatic rings. The predicted octanol–water partition coefficient (Wildman–Crippen LogP) is 3.24. The highest BCUT2D eigenvalue weighted by molar-refractivity contribution is 6.31. The molecule has 0 radical (unpaired) electrons. The average molecular weight is 305 g/mol. The molecule has 0 aromatic heterocycles. The molecule has 0 saturated heterocycles. The molecule has 0 heterocycles. The molecule has 0 saturated carbocycles. The Kier molecular flexibility index (Phi) is 5.57. The number of benzene rings is 1. The van der Waals surface area contributed by atoms with Gasteiger partial charge in [-0.25, -0.2) is 0 Å². The van der Waals surface area contributed by atoms with Crippen molar-refractivity contribution in [2.24, 2.45) is 5.92 Å². The number of hydrogen-bond acceptors (Lipinski definition) is 3. The summed E-state index contributed by atoms with van der Waals surface area (Å²) in [6, 6.07) is 3.61. The standard InChI is InChI=1S/C12H14Cl2N2O3/c1-7(2)10(6-13)15-12(17)9-5-8(14)3-4-11(9)16(18)19/h3-5,7,10H,6H2,1-2H3,(H,15,17). The number of alkyl halides is 1. The predicted molar refractivity (Wildman–Crippen MR) is 74.9 cm³/mol. The van der Waals surface area contributed by atoms with E-state index < -0.39 is 10.8 Å². The lowest BCUT2D eigenvalue weighted by Gasteiger charge is -2.19. The summed E-state index contributed by atoms with van der Waals surface area (Å²) in [5.41, 5.74) is -0.341. The van der Waals surface area contributed by atoms with Crippen LogP contribution in [0.4, 0.5) is 5.69 Å². The van der Waals surface area contributed by atoms with Gasteiger partial charge in [-0.15, -0.1) is 11.6 Å². The van der Waals surface area contributed by atoms with Gasteiger partial charge in [0.15, 0.2) is 0 Å². The number of nitro groups is 1. The highest BCUT2D eigenvalue weighted by atomic mass is 35.5. The van der Waals surface area contributed by atoms with Crippen LogP contribution < -0.4 is 5.32 Å². The Labute approximate surface area is 121 Å². The Hall–Kier alpha value is -1.33. The Morgan fingerprint density at radius 1 is 1.47 bits per heavy atom.